The minimum atomic E-state index is -0.752. The molecule has 0 aliphatic heterocycles. The van der Waals surface area contributed by atoms with E-state index in [4.69, 9.17) is 16.3 Å². The lowest BCUT2D eigenvalue weighted by atomic mass is 9.83. The fourth-order valence-electron chi connectivity index (χ4n) is 2.93. The van der Waals surface area contributed by atoms with Crippen LogP contribution in [0, 0.1) is 6.92 Å². The van der Waals surface area contributed by atoms with Crippen molar-refractivity contribution < 1.29 is 9.53 Å². The molecule has 2 N–H and O–H groups in total. The minimum Gasteiger partial charge on any atom is -0.495 e. The molecule has 3 aromatic rings. The smallest absolute Gasteiger partial charge is 0.234 e. The maximum atomic E-state index is 13.0. The Hall–Kier alpha value is -2.46. The Labute approximate surface area is 152 Å². The molecule has 0 aliphatic carbocycles. The minimum absolute atomic E-state index is 0.114. The standard InChI is InChI=1S/C20H21ClN2O2/c1-12-5-8-18(25-4)17(9-12)23-19(24)20(2,3)15-11-22-16-7-6-13(21)10-14(15)16/h5-11,22H,1-4H3,(H,23,24). The Morgan fingerprint density at radius 3 is 2.68 bits per heavy atom. The zero-order valence-corrected chi connectivity index (χ0v) is 15.5. The second kappa shape index (κ2) is 6.45. The molecule has 4 nitrogen and oxygen atoms in total. The number of hydrogen-bond acceptors (Lipinski definition) is 2. The lowest BCUT2D eigenvalue weighted by Crippen LogP contribution is -2.34. The quantitative estimate of drug-likeness (QED) is 0.686. The topological polar surface area (TPSA) is 54.1 Å². The number of nitrogens with one attached hydrogen (secondary N) is 2. The highest BCUT2D eigenvalue weighted by molar-refractivity contribution is 6.31. The van der Waals surface area contributed by atoms with Gasteiger partial charge in [-0.15, -0.1) is 0 Å². The van der Waals surface area contributed by atoms with Gasteiger partial charge in [0.15, 0.2) is 0 Å². The van der Waals surface area contributed by atoms with Gasteiger partial charge in [0.05, 0.1) is 18.2 Å². The summed E-state index contributed by atoms with van der Waals surface area (Å²) >= 11 is 6.13. The van der Waals surface area contributed by atoms with Crippen molar-refractivity contribution in [3.63, 3.8) is 0 Å². The number of methoxy groups -OCH3 is 1. The molecule has 2 aromatic carbocycles. The number of hydrogen-bond donors (Lipinski definition) is 2. The number of fused-ring (bicyclic) bond motifs is 1. The number of anilines is 1. The molecule has 1 aromatic heterocycles. The number of carbonyl (C=O) groups excluding carboxylic acids is 1. The van der Waals surface area contributed by atoms with Crippen molar-refractivity contribution in [2.75, 3.05) is 12.4 Å². The summed E-state index contributed by atoms with van der Waals surface area (Å²) in [6.45, 7) is 5.77. The first-order chi connectivity index (χ1) is 11.8. The number of aromatic amines is 1. The summed E-state index contributed by atoms with van der Waals surface area (Å²) in [7, 11) is 1.59. The van der Waals surface area contributed by atoms with Gasteiger partial charge in [0.1, 0.15) is 5.75 Å². The van der Waals surface area contributed by atoms with Gasteiger partial charge in [-0.05, 0) is 62.2 Å². The number of aryl methyl sites for hydroxylation is 1. The lowest BCUT2D eigenvalue weighted by Gasteiger charge is -2.24. The van der Waals surface area contributed by atoms with Crippen LogP contribution in [0.5, 0.6) is 5.75 Å². The third-order valence-electron chi connectivity index (χ3n) is 4.49. The van der Waals surface area contributed by atoms with Crippen molar-refractivity contribution in [2.24, 2.45) is 0 Å². The molecule has 0 aliphatic rings. The van der Waals surface area contributed by atoms with Crippen LogP contribution in [0.2, 0.25) is 5.02 Å². The summed E-state index contributed by atoms with van der Waals surface area (Å²) < 4.78 is 5.35. The van der Waals surface area contributed by atoms with Crippen LogP contribution < -0.4 is 10.1 Å². The highest BCUT2D eigenvalue weighted by Gasteiger charge is 2.32. The second-order valence-electron chi connectivity index (χ2n) is 6.68. The zero-order chi connectivity index (χ0) is 18.2. The summed E-state index contributed by atoms with van der Waals surface area (Å²) in [4.78, 5) is 16.2. The van der Waals surface area contributed by atoms with Crippen LogP contribution in [0.3, 0.4) is 0 Å². The monoisotopic (exact) mass is 356 g/mol. The number of carbonyl (C=O) groups is 1. The Kier molecular flexibility index (Phi) is 4.48. The number of aromatic nitrogens is 1. The third kappa shape index (κ3) is 3.22. The molecule has 25 heavy (non-hydrogen) atoms. The number of benzene rings is 2. The van der Waals surface area contributed by atoms with Crippen molar-refractivity contribution in [3.8, 4) is 5.75 Å². The van der Waals surface area contributed by atoms with Gasteiger partial charge in [-0.2, -0.15) is 0 Å². The van der Waals surface area contributed by atoms with Crippen LogP contribution >= 0.6 is 11.6 Å². The molecule has 0 bridgehead atoms. The second-order valence-corrected chi connectivity index (χ2v) is 7.11. The Balaban J connectivity index is 1.97. The molecule has 0 saturated heterocycles. The van der Waals surface area contributed by atoms with Gasteiger partial charge in [-0.1, -0.05) is 17.7 Å². The van der Waals surface area contributed by atoms with E-state index < -0.39 is 5.41 Å². The summed E-state index contributed by atoms with van der Waals surface area (Å²) in [5.41, 5.74) is 2.81. The van der Waals surface area contributed by atoms with E-state index in [0.717, 1.165) is 22.0 Å². The van der Waals surface area contributed by atoms with E-state index in [1.165, 1.54) is 0 Å². The van der Waals surface area contributed by atoms with Gasteiger partial charge in [-0.25, -0.2) is 0 Å². The van der Waals surface area contributed by atoms with Crippen LogP contribution in [-0.2, 0) is 10.2 Å². The molecule has 1 amide bonds. The van der Waals surface area contributed by atoms with Crippen LogP contribution in [0.25, 0.3) is 10.9 Å². The number of H-pyrrole nitrogens is 1. The first kappa shape index (κ1) is 17.4. The average molecular weight is 357 g/mol. The van der Waals surface area contributed by atoms with Crippen LogP contribution in [0.4, 0.5) is 5.69 Å². The van der Waals surface area contributed by atoms with Gasteiger partial charge in [0.2, 0.25) is 5.91 Å². The van der Waals surface area contributed by atoms with E-state index in [1.54, 1.807) is 7.11 Å². The van der Waals surface area contributed by atoms with Crippen LogP contribution in [0.1, 0.15) is 25.0 Å². The molecule has 0 fully saturated rings. The van der Waals surface area contributed by atoms with E-state index in [1.807, 2.05) is 63.4 Å². The number of ether oxygens (including phenoxy) is 1. The summed E-state index contributed by atoms with van der Waals surface area (Å²) in [5.74, 6) is 0.522. The van der Waals surface area contributed by atoms with E-state index in [-0.39, 0.29) is 5.91 Å². The van der Waals surface area contributed by atoms with Gasteiger partial charge in [0, 0.05) is 22.1 Å². The fraction of sp³-hybridized carbons (Fsp3) is 0.250. The first-order valence-corrected chi connectivity index (χ1v) is 8.44. The lowest BCUT2D eigenvalue weighted by molar-refractivity contribution is -0.120. The van der Waals surface area contributed by atoms with E-state index >= 15 is 0 Å². The van der Waals surface area contributed by atoms with Crippen molar-refractivity contribution in [1.29, 1.82) is 0 Å². The molecule has 3 rings (SSSR count). The van der Waals surface area contributed by atoms with E-state index in [0.29, 0.717) is 16.5 Å². The summed E-state index contributed by atoms with van der Waals surface area (Å²) in [5, 5.41) is 4.59. The molecule has 0 atom stereocenters. The molecule has 5 heteroatoms. The van der Waals surface area contributed by atoms with Crippen molar-refractivity contribution in [2.45, 2.75) is 26.2 Å². The Morgan fingerprint density at radius 1 is 1.20 bits per heavy atom. The highest BCUT2D eigenvalue weighted by Crippen LogP contribution is 2.34. The Morgan fingerprint density at radius 2 is 1.96 bits per heavy atom. The van der Waals surface area contributed by atoms with Crippen molar-refractivity contribution in [1.82, 2.24) is 4.98 Å². The summed E-state index contributed by atoms with van der Waals surface area (Å²) in [6.07, 6.45) is 1.87. The van der Waals surface area contributed by atoms with E-state index in [9.17, 15) is 4.79 Å². The van der Waals surface area contributed by atoms with Gasteiger partial charge < -0.3 is 15.0 Å². The van der Waals surface area contributed by atoms with Gasteiger partial charge in [0.25, 0.3) is 0 Å². The molecular formula is C20H21ClN2O2. The van der Waals surface area contributed by atoms with Crippen molar-refractivity contribution in [3.05, 3.63) is 58.7 Å². The first-order valence-electron chi connectivity index (χ1n) is 8.06. The molecule has 0 unspecified atom stereocenters. The maximum Gasteiger partial charge on any atom is 0.234 e. The largest absolute Gasteiger partial charge is 0.495 e. The number of amides is 1. The number of rotatable bonds is 4. The molecule has 0 spiro atoms. The predicted octanol–water partition coefficient (Wildman–Crippen LogP) is 5.05. The van der Waals surface area contributed by atoms with Crippen LogP contribution in [-0.4, -0.2) is 18.0 Å². The highest BCUT2D eigenvalue weighted by atomic mass is 35.5. The van der Waals surface area contributed by atoms with Gasteiger partial charge >= 0.3 is 0 Å². The molecular weight excluding hydrogens is 336 g/mol. The van der Waals surface area contributed by atoms with Crippen molar-refractivity contribution >= 4 is 34.1 Å². The fourth-order valence-corrected chi connectivity index (χ4v) is 3.10. The Bertz CT molecular complexity index is 944. The maximum absolute atomic E-state index is 13.0. The molecule has 0 saturated carbocycles. The average Bonchev–Trinajstić information content (AvgIpc) is 2.98. The SMILES string of the molecule is COc1ccc(C)cc1NC(=O)C(C)(C)c1c[nH]c2ccc(Cl)cc12. The van der Waals surface area contributed by atoms with Crippen LogP contribution in [0.15, 0.2) is 42.6 Å². The third-order valence-corrected chi connectivity index (χ3v) is 4.72. The molecule has 130 valence electrons. The summed E-state index contributed by atoms with van der Waals surface area (Å²) in [6, 6.07) is 11.3. The zero-order valence-electron chi connectivity index (χ0n) is 14.7. The molecule has 0 radical (unpaired) electrons. The van der Waals surface area contributed by atoms with Gasteiger partial charge in [-0.3, -0.25) is 4.79 Å². The molecule has 1 heterocycles. The number of halogens is 1. The van der Waals surface area contributed by atoms with E-state index in [2.05, 4.69) is 10.3 Å². The predicted molar refractivity (Wildman–Crippen MR) is 103 cm³/mol. The normalized spacial score (nSPS) is 11.6.